The number of aryl methyl sites for hydroxylation is 1. The van der Waals surface area contributed by atoms with Crippen molar-refractivity contribution in [2.45, 2.75) is 82.6 Å². The second kappa shape index (κ2) is 13.0. The van der Waals surface area contributed by atoms with Gasteiger partial charge in [-0.3, -0.25) is 0 Å². The summed E-state index contributed by atoms with van der Waals surface area (Å²) in [6, 6.07) is 0. The summed E-state index contributed by atoms with van der Waals surface area (Å²) >= 11 is 0. The third-order valence-corrected chi connectivity index (χ3v) is 9.60. The molecule has 5 rings (SSSR count). The van der Waals surface area contributed by atoms with Crippen molar-refractivity contribution in [1.29, 1.82) is 0 Å². The maximum Gasteiger partial charge on any atom is 0.331 e. The zero-order chi connectivity index (χ0) is 31.8. The van der Waals surface area contributed by atoms with Crippen LogP contribution >= 0.6 is 0 Å². The first-order valence-corrected chi connectivity index (χ1v) is 15.3. The van der Waals surface area contributed by atoms with Crippen LogP contribution < -0.4 is 0 Å². The highest BCUT2D eigenvalue weighted by Gasteiger charge is 2.53. The van der Waals surface area contributed by atoms with Crippen LogP contribution in [-0.2, 0) is 35.5 Å². The van der Waals surface area contributed by atoms with Crippen LogP contribution in [0.5, 0.6) is 0 Å². The van der Waals surface area contributed by atoms with Crippen molar-refractivity contribution in [3.8, 4) is 0 Å². The second-order valence-electron chi connectivity index (χ2n) is 13.0. The lowest BCUT2D eigenvalue weighted by Gasteiger charge is -2.41. The van der Waals surface area contributed by atoms with Gasteiger partial charge < -0.3 is 43.6 Å². The SMILES string of the molecule is CO[C@]12C=C[C@](C)(O1)[C@@H](OC(=O)/C=C/c1cn(C)cn1)C[C@H]1C(C)=CC[C@H](C(C)C)[C@H]1C=C2CO[C@@H]1OC[C@@H](O)[C@@H](O)[C@@H]1O. The molecule has 1 fully saturated rings. The Hall–Kier alpha value is -2.64. The predicted molar refractivity (Wildman–Crippen MR) is 161 cm³/mol. The van der Waals surface area contributed by atoms with E-state index in [0.717, 1.165) is 6.42 Å². The van der Waals surface area contributed by atoms with Gasteiger partial charge in [0.05, 0.1) is 25.2 Å². The number of hydrogen-bond acceptors (Lipinski definition) is 10. The van der Waals surface area contributed by atoms with E-state index in [4.69, 9.17) is 23.7 Å². The number of fused-ring (bicyclic) bond motifs is 3. The molecule has 2 bridgehead atoms. The molecular weight excluding hydrogens is 568 g/mol. The van der Waals surface area contributed by atoms with Crippen molar-refractivity contribution in [2.75, 3.05) is 20.3 Å². The number of ether oxygens (including phenoxy) is 5. The Labute approximate surface area is 258 Å². The van der Waals surface area contributed by atoms with Crippen molar-refractivity contribution < 1.29 is 43.8 Å². The molecule has 4 aliphatic rings. The first-order chi connectivity index (χ1) is 20.9. The van der Waals surface area contributed by atoms with Crippen LogP contribution in [0.1, 0.15) is 46.2 Å². The van der Waals surface area contributed by atoms with Crippen molar-refractivity contribution in [2.24, 2.45) is 30.7 Å². The first kappa shape index (κ1) is 32.7. The van der Waals surface area contributed by atoms with Gasteiger partial charge in [-0.2, -0.15) is 0 Å². The number of aromatic nitrogens is 2. The minimum atomic E-state index is -1.43. The zero-order valence-corrected chi connectivity index (χ0v) is 26.3. The number of carbonyl (C=O) groups excluding carboxylic acids is 1. The van der Waals surface area contributed by atoms with E-state index in [1.165, 1.54) is 11.6 Å². The van der Waals surface area contributed by atoms with Crippen molar-refractivity contribution in [3.63, 3.8) is 0 Å². The number of carbonyl (C=O) groups is 1. The highest BCUT2D eigenvalue weighted by atomic mass is 16.7. The number of aliphatic hydroxyl groups is 3. The van der Waals surface area contributed by atoms with Gasteiger partial charge in [-0.05, 0) is 68.6 Å². The van der Waals surface area contributed by atoms with E-state index in [0.29, 0.717) is 23.6 Å². The number of aliphatic hydroxyl groups excluding tert-OH is 3. The number of methoxy groups -OCH3 is 1. The fourth-order valence-corrected chi connectivity index (χ4v) is 6.86. The molecule has 1 aromatic rings. The maximum absolute atomic E-state index is 13.2. The molecule has 0 radical (unpaired) electrons. The summed E-state index contributed by atoms with van der Waals surface area (Å²) in [5.74, 6) is -1.11. The lowest BCUT2D eigenvalue weighted by molar-refractivity contribution is -0.272. The molecule has 44 heavy (non-hydrogen) atoms. The van der Waals surface area contributed by atoms with E-state index in [-0.39, 0.29) is 31.0 Å². The Bertz CT molecular complexity index is 1320. The summed E-state index contributed by atoms with van der Waals surface area (Å²) in [5.41, 5.74) is 1.50. The van der Waals surface area contributed by atoms with Gasteiger partial charge >= 0.3 is 5.97 Å². The molecule has 11 heteroatoms. The Morgan fingerprint density at radius 3 is 2.70 bits per heavy atom. The minimum absolute atomic E-state index is 0.0349. The molecule has 0 unspecified atom stereocenters. The van der Waals surface area contributed by atoms with Gasteiger partial charge in [0.25, 0.3) is 0 Å². The van der Waals surface area contributed by atoms with E-state index in [9.17, 15) is 20.1 Å². The number of allylic oxidation sites excluding steroid dienone is 3. The Kier molecular flexibility index (Phi) is 9.67. The summed E-state index contributed by atoms with van der Waals surface area (Å²) in [5, 5.41) is 30.6. The Balaban J connectivity index is 1.48. The van der Waals surface area contributed by atoms with E-state index >= 15 is 0 Å². The molecule has 242 valence electrons. The van der Waals surface area contributed by atoms with E-state index in [2.05, 4.69) is 37.9 Å². The van der Waals surface area contributed by atoms with Crippen LogP contribution in [0, 0.1) is 23.7 Å². The topological polar surface area (TPSA) is 142 Å². The molecule has 11 nitrogen and oxygen atoms in total. The maximum atomic E-state index is 13.2. The number of imidazole rings is 1. The molecule has 0 amide bonds. The second-order valence-corrected chi connectivity index (χ2v) is 13.0. The van der Waals surface area contributed by atoms with Gasteiger partial charge in [0.15, 0.2) is 6.29 Å². The largest absolute Gasteiger partial charge is 0.456 e. The number of nitrogens with zero attached hydrogens (tertiary/aromatic N) is 2. The molecule has 1 aliphatic carbocycles. The van der Waals surface area contributed by atoms with Crippen molar-refractivity contribution in [3.05, 3.63) is 59.7 Å². The highest BCUT2D eigenvalue weighted by molar-refractivity contribution is 5.86. The number of esters is 1. The number of rotatable bonds is 8. The molecule has 3 N–H and O–H groups in total. The van der Waals surface area contributed by atoms with Gasteiger partial charge in [-0.25, -0.2) is 9.78 Å². The summed E-state index contributed by atoms with van der Waals surface area (Å²) in [6.45, 7) is 8.23. The normalized spacial score (nSPS) is 39.0. The molecule has 0 saturated carbocycles. The predicted octanol–water partition coefficient (Wildman–Crippen LogP) is 2.67. The quantitative estimate of drug-likeness (QED) is 0.227. The van der Waals surface area contributed by atoms with Crippen molar-refractivity contribution in [1.82, 2.24) is 9.55 Å². The molecule has 0 spiro atoms. The van der Waals surface area contributed by atoms with Crippen LogP contribution in [0.4, 0.5) is 0 Å². The lowest BCUT2D eigenvalue weighted by Crippen LogP contribution is -2.54. The van der Waals surface area contributed by atoms with Gasteiger partial charge in [0, 0.05) is 32.0 Å². The summed E-state index contributed by atoms with van der Waals surface area (Å²) in [6.07, 6.45) is 10.2. The average Bonchev–Trinajstić information content (AvgIpc) is 3.58. The zero-order valence-electron chi connectivity index (χ0n) is 26.3. The minimum Gasteiger partial charge on any atom is -0.456 e. The lowest BCUT2D eigenvalue weighted by atomic mass is 9.65. The fraction of sp³-hybridized carbons (Fsp3) is 0.636. The van der Waals surface area contributed by atoms with Crippen molar-refractivity contribution >= 4 is 12.0 Å². The third kappa shape index (κ3) is 6.50. The van der Waals surface area contributed by atoms with Gasteiger partial charge in [0.1, 0.15) is 30.0 Å². The van der Waals surface area contributed by atoms with E-state index in [1.807, 2.05) is 32.3 Å². The summed E-state index contributed by atoms with van der Waals surface area (Å²) < 4.78 is 32.4. The van der Waals surface area contributed by atoms with Crippen LogP contribution in [0.2, 0.25) is 0 Å². The van der Waals surface area contributed by atoms with Crippen LogP contribution in [-0.4, -0.2) is 93.3 Å². The monoisotopic (exact) mass is 614 g/mol. The molecule has 4 heterocycles. The van der Waals surface area contributed by atoms with Crippen LogP contribution in [0.15, 0.2) is 54.1 Å². The summed E-state index contributed by atoms with van der Waals surface area (Å²) in [4.78, 5) is 17.4. The Morgan fingerprint density at radius 1 is 1.25 bits per heavy atom. The van der Waals surface area contributed by atoms with Crippen LogP contribution in [0.25, 0.3) is 6.08 Å². The van der Waals surface area contributed by atoms with Crippen LogP contribution in [0.3, 0.4) is 0 Å². The molecule has 1 aromatic heterocycles. The summed E-state index contributed by atoms with van der Waals surface area (Å²) in [7, 11) is 3.41. The molecule has 3 aliphatic heterocycles. The van der Waals surface area contributed by atoms with E-state index in [1.54, 1.807) is 24.1 Å². The van der Waals surface area contributed by atoms with E-state index < -0.39 is 48.1 Å². The van der Waals surface area contributed by atoms with Gasteiger partial charge in [0.2, 0.25) is 5.79 Å². The molecule has 10 atom stereocenters. The van der Waals surface area contributed by atoms with Gasteiger partial charge in [-0.1, -0.05) is 31.6 Å². The highest BCUT2D eigenvalue weighted by Crippen LogP contribution is 2.49. The standard InChI is InChI=1S/C33H46N2O9/c1-19(2)23-9-7-20(3)24-14-27(43-28(37)10-8-22-15-35(5)18-34-22)32(4)11-12-33(40-6,44-32)21(13-25(23)24)16-41-31-30(39)29(38)26(36)17-42-31/h7-8,10-13,15,18-19,23-27,29-31,36,38-39H,9,14,16-17H2,1-6H3/b10-8+,21-13?/t23-,24+,25-,26-,27+,29-,30+,31-,32+,33-/m1/s1. The fourth-order valence-electron chi connectivity index (χ4n) is 6.86. The molecule has 0 aromatic carbocycles. The average molecular weight is 615 g/mol. The number of hydrogen-bond donors (Lipinski definition) is 3. The molecular formula is C33H46N2O9. The molecule has 1 saturated heterocycles. The third-order valence-electron chi connectivity index (χ3n) is 9.60. The Morgan fingerprint density at radius 2 is 2.02 bits per heavy atom. The smallest absolute Gasteiger partial charge is 0.331 e. The van der Waals surface area contributed by atoms with Gasteiger partial charge in [-0.15, -0.1) is 0 Å². The first-order valence-electron chi connectivity index (χ1n) is 15.3.